The Bertz CT molecular complexity index is 924. The largest absolute Gasteiger partial charge is 0.395 e. The number of piperidine rings is 1. The molecule has 2 N–H and O–H groups in total. The number of fused-ring (bicyclic) bond motifs is 2. The number of thiophene rings is 1. The van der Waals surface area contributed by atoms with Crippen LogP contribution in [0.15, 0.2) is 24.5 Å². The van der Waals surface area contributed by atoms with E-state index in [4.69, 9.17) is 9.84 Å². The Labute approximate surface area is 180 Å². The number of nitrogens with zero attached hydrogens (tertiary/aromatic N) is 4. The Balaban J connectivity index is 1.39. The smallest absolute Gasteiger partial charge is 0.241 e. The number of carbonyl (C=O) groups is 1. The summed E-state index contributed by atoms with van der Waals surface area (Å²) in [6.07, 6.45) is 5.58. The first-order valence-corrected chi connectivity index (χ1v) is 11.3. The molecule has 2 aliphatic heterocycles. The Hall–Kier alpha value is -2.23. The first-order chi connectivity index (χ1) is 14.5. The molecule has 0 bridgehead atoms. The predicted octanol–water partition coefficient (Wildman–Crippen LogP) is 1.59. The SMILES string of the molecule is C=C1C[C@@]2(CCN1Cc1cn(CC(=O)NCCO)nn1)OCCc1sc(CC)cc12. The van der Waals surface area contributed by atoms with Crippen molar-refractivity contribution >= 4 is 17.2 Å². The van der Waals surface area contributed by atoms with E-state index in [1.165, 1.54) is 20.0 Å². The van der Waals surface area contributed by atoms with Crippen molar-refractivity contribution in [2.75, 3.05) is 26.3 Å². The molecule has 0 saturated carbocycles. The first-order valence-electron chi connectivity index (χ1n) is 10.5. The van der Waals surface area contributed by atoms with Crippen LogP contribution >= 0.6 is 11.3 Å². The molecule has 8 nitrogen and oxygen atoms in total. The lowest BCUT2D eigenvalue weighted by molar-refractivity contribution is -0.122. The lowest BCUT2D eigenvalue weighted by Crippen LogP contribution is -2.44. The van der Waals surface area contributed by atoms with Gasteiger partial charge in [-0.25, -0.2) is 4.68 Å². The molecule has 4 rings (SSSR count). The highest BCUT2D eigenvalue weighted by molar-refractivity contribution is 7.12. The third kappa shape index (κ3) is 4.28. The first kappa shape index (κ1) is 21.0. The van der Waals surface area contributed by atoms with Crippen molar-refractivity contribution in [2.24, 2.45) is 0 Å². The fourth-order valence-electron chi connectivity index (χ4n) is 4.28. The van der Waals surface area contributed by atoms with Gasteiger partial charge in [0.1, 0.15) is 17.8 Å². The monoisotopic (exact) mass is 431 g/mol. The number of aliphatic hydroxyl groups excluding tert-OH is 1. The molecule has 1 saturated heterocycles. The van der Waals surface area contributed by atoms with Crippen LogP contribution < -0.4 is 5.32 Å². The third-order valence-corrected chi connectivity index (χ3v) is 7.15. The van der Waals surface area contributed by atoms with Gasteiger partial charge in [0, 0.05) is 41.4 Å². The molecule has 1 amide bonds. The fraction of sp³-hybridized carbons (Fsp3) is 0.571. The minimum Gasteiger partial charge on any atom is -0.395 e. The Morgan fingerprint density at radius 1 is 1.50 bits per heavy atom. The third-order valence-electron chi connectivity index (χ3n) is 5.81. The van der Waals surface area contributed by atoms with Gasteiger partial charge in [0.15, 0.2) is 0 Å². The molecule has 162 valence electrons. The maximum absolute atomic E-state index is 11.8. The molecule has 1 spiro atoms. The van der Waals surface area contributed by atoms with Gasteiger partial charge in [-0.1, -0.05) is 18.7 Å². The summed E-state index contributed by atoms with van der Waals surface area (Å²) < 4.78 is 7.88. The minimum atomic E-state index is -0.243. The molecule has 4 heterocycles. The highest BCUT2D eigenvalue weighted by Crippen LogP contribution is 2.47. The Morgan fingerprint density at radius 2 is 2.37 bits per heavy atom. The van der Waals surface area contributed by atoms with Crippen LogP contribution in [-0.2, 0) is 41.1 Å². The maximum Gasteiger partial charge on any atom is 0.241 e. The lowest BCUT2D eigenvalue weighted by atomic mass is 9.81. The van der Waals surface area contributed by atoms with Gasteiger partial charge in [-0.2, -0.15) is 0 Å². The molecule has 30 heavy (non-hydrogen) atoms. The van der Waals surface area contributed by atoms with Gasteiger partial charge in [0.2, 0.25) is 5.91 Å². The van der Waals surface area contributed by atoms with Gasteiger partial charge in [-0.05, 0) is 24.5 Å². The van der Waals surface area contributed by atoms with Crippen molar-refractivity contribution in [3.05, 3.63) is 45.6 Å². The van der Waals surface area contributed by atoms with Gasteiger partial charge in [0.05, 0.1) is 26.0 Å². The van der Waals surface area contributed by atoms with Gasteiger partial charge in [-0.3, -0.25) is 4.79 Å². The highest BCUT2D eigenvalue weighted by atomic mass is 32.1. The zero-order valence-electron chi connectivity index (χ0n) is 17.4. The van der Waals surface area contributed by atoms with Crippen LogP contribution in [0.3, 0.4) is 0 Å². The van der Waals surface area contributed by atoms with Crippen LogP contribution in [0.25, 0.3) is 0 Å². The van der Waals surface area contributed by atoms with Crippen molar-refractivity contribution in [3.8, 4) is 0 Å². The van der Waals surface area contributed by atoms with Gasteiger partial charge in [0.25, 0.3) is 0 Å². The molecule has 9 heteroatoms. The van der Waals surface area contributed by atoms with Crippen molar-refractivity contribution in [1.29, 1.82) is 0 Å². The summed E-state index contributed by atoms with van der Waals surface area (Å²) in [5.41, 5.74) is 2.98. The van der Waals surface area contributed by atoms with Crippen LogP contribution in [-0.4, -0.2) is 57.2 Å². The van der Waals surface area contributed by atoms with Gasteiger partial charge >= 0.3 is 0 Å². The average Bonchev–Trinajstić information content (AvgIpc) is 3.36. The molecule has 1 fully saturated rings. The second-order valence-corrected chi connectivity index (χ2v) is 9.11. The number of hydrogen-bond acceptors (Lipinski definition) is 7. The number of aryl methyl sites for hydroxylation is 1. The summed E-state index contributed by atoms with van der Waals surface area (Å²) in [7, 11) is 0. The van der Waals surface area contributed by atoms with E-state index >= 15 is 0 Å². The van der Waals surface area contributed by atoms with Gasteiger partial charge < -0.3 is 20.1 Å². The molecule has 2 aromatic rings. The zero-order valence-corrected chi connectivity index (χ0v) is 18.2. The molecule has 2 aromatic heterocycles. The quantitative estimate of drug-likeness (QED) is 0.692. The number of amides is 1. The topological polar surface area (TPSA) is 92.5 Å². The van der Waals surface area contributed by atoms with Crippen molar-refractivity contribution in [2.45, 2.75) is 51.3 Å². The number of hydrogen-bond donors (Lipinski definition) is 2. The second-order valence-electron chi connectivity index (χ2n) is 7.89. The normalized spacial score (nSPS) is 21.1. The minimum absolute atomic E-state index is 0.0801. The molecular weight excluding hydrogens is 402 g/mol. The average molecular weight is 432 g/mol. The summed E-state index contributed by atoms with van der Waals surface area (Å²) in [6, 6.07) is 2.34. The van der Waals surface area contributed by atoms with Crippen LogP contribution in [0.5, 0.6) is 0 Å². The van der Waals surface area contributed by atoms with E-state index < -0.39 is 0 Å². The Kier molecular flexibility index (Phi) is 6.21. The summed E-state index contributed by atoms with van der Waals surface area (Å²) in [5, 5.41) is 19.6. The van der Waals surface area contributed by atoms with E-state index in [9.17, 15) is 4.79 Å². The highest BCUT2D eigenvalue weighted by Gasteiger charge is 2.43. The van der Waals surface area contributed by atoms with Crippen molar-refractivity contribution in [1.82, 2.24) is 25.2 Å². The van der Waals surface area contributed by atoms with Crippen LogP contribution in [0, 0.1) is 0 Å². The van der Waals surface area contributed by atoms with E-state index in [2.05, 4.69) is 40.1 Å². The number of ether oxygens (including phenoxy) is 1. The van der Waals surface area contributed by atoms with Crippen LogP contribution in [0.1, 0.15) is 40.8 Å². The van der Waals surface area contributed by atoms with E-state index in [1.807, 2.05) is 11.3 Å². The summed E-state index contributed by atoms with van der Waals surface area (Å²) in [5.74, 6) is -0.197. The number of rotatable bonds is 7. The van der Waals surface area contributed by atoms with E-state index in [0.717, 1.165) is 50.2 Å². The fourth-order valence-corrected chi connectivity index (χ4v) is 5.45. The molecule has 0 aromatic carbocycles. The summed E-state index contributed by atoms with van der Waals surface area (Å²) >= 11 is 1.93. The standard InChI is InChI=1S/C21H29N5O3S/c1-3-17-10-18-19(30-17)4-9-29-21(18)5-7-25(15(2)11-21)12-16-13-26(24-23-16)14-20(28)22-6-8-27/h10,13,27H,2-9,11-12,14H2,1H3,(H,22,28)/t21-/m1/s1. The second kappa shape index (κ2) is 8.87. The number of likely N-dealkylation sites (tertiary alicyclic amines) is 1. The van der Waals surface area contributed by atoms with E-state index in [-0.39, 0.29) is 31.2 Å². The lowest BCUT2D eigenvalue weighted by Gasteiger charge is -2.45. The molecule has 0 unspecified atom stereocenters. The van der Waals surface area contributed by atoms with Gasteiger partial charge in [-0.15, -0.1) is 16.4 Å². The molecule has 2 aliphatic rings. The maximum atomic E-state index is 11.8. The Morgan fingerprint density at radius 3 is 3.13 bits per heavy atom. The van der Waals surface area contributed by atoms with Crippen molar-refractivity contribution in [3.63, 3.8) is 0 Å². The molecule has 0 aliphatic carbocycles. The molecule has 1 atom stereocenters. The van der Waals surface area contributed by atoms with Crippen LogP contribution in [0.4, 0.5) is 0 Å². The summed E-state index contributed by atoms with van der Waals surface area (Å²) in [4.78, 5) is 16.9. The van der Waals surface area contributed by atoms with E-state index in [0.29, 0.717) is 6.54 Å². The number of carbonyl (C=O) groups excluding carboxylic acids is 1. The van der Waals surface area contributed by atoms with Crippen LogP contribution in [0.2, 0.25) is 0 Å². The number of aliphatic hydroxyl groups is 1. The zero-order chi connectivity index (χ0) is 21.1. The summed E-state index contributed by atoms with van der Waals surface area (Å²) in [6.45, 7) is 9.03. The predicted molar refractivity (Wildman–Crippen MR) is 114 cm³/mol. The van der Waals surface area contributed by atoms with Crippen molar-refractivity contribution < 1.29 is 14.6 Å². The number of nitrogens with one attached hydrogen (secondary N) is 1. The van der Waals surface area contributed by atoms with E-state index in [1.54, 1.807) is 6.20 Å². The number of aromatic nitrogens is 3. The molecule has 0 radical (unpaired) electrons. The molecular formula is C21H29N5O3S.